The van der Waals surface area contributed by atoms with Crippen LogP contribution in [0.25, 0.3) is 0 Å². The summed E-state index contributed by atoms with van der Waals surface area (Å²) < 4.78 is 0. The molecule has 4 heteroatoms. The molecule has 2 aliphatic rings. The van der Waals surface area contributed by atoms with Crippen LogP contribution in [0.5, 0.6) is 0 Å². The molecule has 0 saturated heterocycles. The van der Waals surface area contributed by atoms with Crippen molar-refractivity contribution >= 4 is 17.4 Å². The normalized spacial score (nSPS) is 17.5. The molecule has 1 N–H and O–H groups in total. The zero-order valence-corrected chi connectivity index (χ0v) is 14.1. The third-order valence-electron chi connectivity index (χ3n) is 5.49. The zero-order chi connectivity index (χ0) is 16.6. The summed E-state index contributed by atoms with van der Waals surface area (Å²) in [7, 11) is 0. The molecular weight excluding hydrogens is 298 g/mol. The van der Waals surface area contributed by atoms with Gasteiger partial charge in [-0.15, -0.1) is 0 Å². The van der Waals surface area contributed by atoms with Crippen LogP contribution < -0.4 is 10.2 Å². The lowest BCUT2D eigenvalue weighted by Gasteiger charge is -2.18. The number of carbonyl (C=O) groups is 1. The first-order valence-corrected chi connectivity index (χ1v) is 8.80. The van der Waals surface area contributed by atoms with Crippen LogP contribution in [0.3, 0.4) is 0 Å². The Morgan fingerprint density at radius 3 is 2.79 bits per heavy atom. The number of carbonyl (C=O) groups excluding carboxylic acids is 1. The number of fused-ring (bicyclic) bond motifs is 1. The van der Waals surface area contributed by atoms with Crippen LogP contribution in [0, 0.1) is 5.41 Å². The van der Waals surface area contributed by atoms with Crippen LogP contribution in [0.2, 0.25) is 0 Å². The summed E-state index contributed by atoms with van der Waals surface area (Å²) >= 11 is 0. The fourth-order valence-corrected chi connectivity index (χ4v) is 3.44. The third kappa shape index (κ3) is 2.77. The molecule has 0 unspecified atom stereocenters. The predicted octanol–water partition coefficient (Wildman–Crippen LogP) is 3.89. The highest BCUT2D eigenvalue weighted by molar-refractivity contribution is 6.07. The standard InChI is InChI=1S/C20H23N3O/c1-2-20(10-11-20)14-22-18-8-7-16(13-21-18)19(24)23-12-9-15-5-3-4-6-17(15)23/h3-8,13H,2,9-12,14H2,1H3,(H,21,22). The van der Waals surface area contributed by atoms with Gasteiger partial charge >= 0.3 is 0 Å². The molecule has 4 rings (SSSR count). The van der Waals surface area contributed by atoms with Gasteiger partial charge in [-0.05, 0) is 54.9 Å². The Morgan fingerprint density at radius 2 is 2.08 bits per heavy atom. The summed E-state index contributed by atoms with van der Waals surface area (Å²) in [5.41, 5.74) is 3.40. The maximum atomic E-state index is 12.8. The number of nitrogens with one attached hydrogen (secondary N) is 1. The number of pyridine rings is 1. The average molecular weight is 321 g/mol. The minimum absolute atomic E-state index is 0.0335. The Balaban J connectivity index is 1.44. The van der Waals surface area contributed by atoms with E-state index < -0.39 is 0 Å². The summed E-state index contributed by atoms with van der Waals surface area (Å²) in [5.74, 6) is 0.888. The van der Waals surface area contributed by atoms with Gasteiger partial charge in [-0.1, -0.05) is 25.1 Å². The zero-order valence-electron chi connectivity index (χ0n) is 14.1. The second-order valence-electron chi connectivity index (χ2n) is 6.97. The first kappa shape index (κ1) is 15.2. The third-order valence-corrected chi connectivity index (χ3v) is 5.49. The van der Waals surface area contributed by atoms with Gasteiger partial charge in [-0.25, -0.2) is 4.98 Å². The Labute approximate surface area is 142 Å². The number of nitrogens with zero attached hydrogens (tertiary/aromatic N) is 2. The smallest absolute Gasteiger partial charge is 0.259 e. The van der Waals surface area contributed by atoms with Crippen LogP contribution in [-0.4, -0.2) is 24.0 Å². The van der Waals surface area contributed by atoms with Crippen LogP contribution in [0.15, 0.2) is 42.6 Å². The number of para-hydroxylation sites is 1. The lowest BCUT2D eigenvalue weighted by molar-refractivity contribution is 0.0989. The first-order valence-electron chi connectivity index (χ1n) is 8.80. The maximum absolute atomic E-state index is 12.8. The molecule has 1 amide bonds. The quantitative estimate of drug-likeness (QED) is 0.909. The molecule has 1 saturated carbocycles. The number of amides is 1. The summed E-state index contributed by atoms with van der Waals surface area (Å²) in [6.07, 6.45) is 6.44. The van der Waals surface area contributed by atoms with Gasteiger partial charge < -0.3 is 10.2 Å². The van der Waals surface area contributed by atoms with E-state index in [0.29, 0.717) is 11.0 Å². The van der Waals surface area contributed by atoms with E-state index in [4.69, 9.17) is 0 Å². The van der Waals surface area contributed by atoms with Gasteiger partial charge in [0.2, 0.25) is 0 Å². The van der Waals surface area contributed by atoms with Crippen LogP contribution in [0.4, 0.5) is 11.5 Å². The second-order valence-corrected chi connectivity index (χ2v) is 6.97. The van der Waals surface area contributed by atoms with E-state index in [1.165, 1.54) is 24.8 Å². The fraction of sp³-hybridized carbons (Fsp3) is 0.400. The molecule has 1 aromatic carbocycles. The minimum atomic E-state index is 0.0335. The Hall–Kier alpha value is -2.36. The first-order chi connectivity index (χ1) is 11.7. The molecule has 2 heterocycles. The summed E-state index contributed by atoms with van der Waals surface area (Å²) in [6, 6.07) is 11.9. The summed E-state index contributed by atoms with van der Waals surface area (Å²) in [6.45, 7) is 3.97. The van der Waals surface area contributed by atoms with E-state index in [9.17, 15) is 4.79 Å². The molecule has 0 spiro atoms. The molecule has 1 aromatic heterocycles. The van der Waals surface area contributed by atoms with Gasteiger partial charge in [0.05, 0.1) is 5.56 Å². The lowest BCUT2D eigenvalue weighted by atomic mass is 10.0. The topological polar surface area (TPSA) is 45.2 Å². The van der Waals surface area contributed by atoms with Crippen LogP contribution in [0.1, 0.15) is 42.1 Å². The van der Waals surface area contributed by atoms with E-state index in [-0.39, 0.29) is 5.91 Å². The average Bonchev–Trinajstić information content (AvgIpc) is 3.30. The van der Waals surface area contributed by atoms with Crippen LogP contribution >= 0.6 is 0 Å². The van der Waals surface area contributed by atoms with Crippen molar-refractivity contribution in [2.75, 3.05) is 23.3 Å². The molecule has 2 aromatic rings. The highest BCUT2D eigenvalue weighted by atomic mass is 16.2. The van der Waals surface area contributed by atoms with E-state index in [0.717, 1.165) is 31.0 Å². The van der Waals surface area contributed by atoms with Crippen molar-refractivity contribution in [3.05, 3.63) is 53.7 Å². The Morgan fingerprint density at radius 1 is 1.25 bits per heavy atom. The van der Waals surface area contributed by atoms with Gasteiger partial charge in [-0.3, -0.25) is 4.79 Å². The molecule has 1 aliphatic heterocycles. The Kier molecular flexibility index (Phi) is 3.75. The van der Waals surface area contributed by atoms with Crippen molar-refractivity contribution in [3.63, 3.8) is 0 Å². The van der Waals surface area contributed by atoms with Crippen molar-refractivity contribution < 1.29 is 4.79 Å². The van der Waals surface area contributed by atoms with Crippen molar-refractivity contribution in [1.29, 1.82) is 0 Å². The number of benzene rings is 1. The number of anilines is 2. The molecule has 1 fully saturated rings. The monoisotopic (exact) mass is 321 g/mol. The summed E-state index contributed by atoms with van der Waals surface area (Å²) in [5, 5.41) is 3.41. The molecule has 0 radical (unpaired) electrons. The number of rotatable bonds is 5. The van der Waals surface area contributed by atoms with E-state index >= 15 is 0 Å². The van der Waals surface area contributed by atoms with E-state index in [1.807, 2.05) is 35.2 Å². The van der Waals surface area contributed by atoms with Gasteiger partial charge in [-0.2, -0.15) is 0 Å². The fourth-order valence-electron chi connectivity index (χ4n) is 3.44. The largest absolute Gasteiger partial charge is 0.370 e. The SMILES string of the molecule is CCC1(CNc2ccc(C(=O)N3CCc4ccccc43)cn2)CC1. The highest BCUT2D eigenvalue weighted by Gasteiger charge is 2.40. The molecule has 124 valence electrons. The lowest BCUT2D eigenvalue weighted by Crippen LogP contribution is -2.29. The summed E-state index contributed by atoms with van der Waals surface area (Å²) in [4.78, 5) is 19.1. The second kappa shape index (κ2) is 5.93. The molecule has 4 nitrogen and oxygen atoms in total. The minimum Gasteiger partial charge on any atom is -0.370 e. The van der Waals surface area contributed by atoms with Crippen LogP contribution in [-0.2, 0) is 6.42 Å². The van der Waals surface area contributed by atoms with E-state index in [1.54, 1.807) is 6.20 Å². The number of hydrogen-bond donors (Lipinski definition) is 1. The molecule has 1 aliphatic carbocycles. The Bertz CT molecular complexity index is 750. The molecular formula is C20H23N3O. The molecule has 0 bridgehead atoms. The maximum Gasteiger partial charge on any atom is 0.259 e. The van der Waals surface area contributed by atoms with Gasteiger partial charge in [0, 0.05) is 25.0 Å². The van der Waals surface area contributed by atoms with Gasteiger partial charge in [0.1, 0.15) is 5.82 Å². The van der Waals surface area contributed by atoms with Crippen molar-refractivity contribution in [3.8, 4) is 0 Å². The van der Waals surface area contributed by atoms with Gasteiger partial charge in [0.15, 0.2) is 0 Å². The van der Waals surface area contributed by atoms with Gasteiger partial charge in [0.25, 0.3) is 5.91 Å². The predicted molar refractivity (Wildman–Crippen MR) is 96.5 cm³/mol. The van der Waals surface area contributed by atoms with Crippen molar-refractivity contribution in [2.24, 2.45) is 5.41 Å². The van der Waals surface area contributed by atoms with Crippen molar-refractivity contribution in [1.82, 2.24) is 4.98 Å². The van der Waals surface area contributed by atoms with E-state index in [2.05, 4.69) is 23.3 Å². The molecule has 0 atom stereocenters. The molecule has 24 heavy (non-hydrogen) atoms. The number of aromatic nitrogens is 1. The number of hydrogen-bond acceptors (Lipinski definition) is 3. The highest BCUT2D eigenvalue weighted by Crippen LogP contribution is 2.48. The van der Waals surface area contributed by atoms with Crippen molar-refractivity contribution in [2.45, 2.75) is 32.6 Å².